The molecule has 1 saturated heterocycles. The maximum atomic E-state index is 13.9. The van der Waals surface area contributed by atoms with Crippen LogP contribution in [0.3, 0.4) is 0 Å². The van der Waals surface area contributed by atoms with Crippen LogP contribution in [0.5, 0.6) is 0 Å². The van der Waals surface area contributed by atoms with Crippen LogP contribution in [0.2, 0.25) is 0 Å². The smallest absolute Gasteiger partial charge is 0.444 e. The standard InChI is InChI=1S/C34H52F3N5O8S.C3H8/c1-10-20(2)28(41(7)27(44)19-38-32(47)50-33(4,5)6)25(48-8)18-26(43)42-17-11-12-24(42)29(49-9)21(3)30(45)40-51-23-15-13-22(14-16-23)39-31(46)34(35,36)37;1-3-2/h13-16,20-21,24-25,28-29H,10-12,17-19H2,1-9H3,(H,38,47)(H,39,46)(H,40,45);3H2,1-2H3. The lowest BCUT2D eigenvalue weighted by molar-refractivity contribution is -0.167. The van der Waals surface area contributed by atoms with Crippen LogP contribution >= 0.6 is 11.9 Å². The second-order valence-electron chi connectivity index (χ2n) is 14.3. The molecular formula is C37H60F3N5O8S. The molecule has 0 saturated carbocycles. The monoisotopic (exact) mass is 791 g/mol. The number of ether oxygens (including phenoxy) is 3. The number of methoxy groups -OCH3 is 2. The van der Waals surface area contributed by atoms with Gasteiger partial charge < -0.3 is 34.6 Å². The van der Waals surface area contributed by atoms with E-state index in [0.29, 0.717) is 30.7 Å². The van der Waals surface area contributed by atoms with Gasteiger partial charge >= 0.3 is 18.2 Å². The summed E-state index contributed by atoms with van der Waals surface area (Å²) in [7, 11) is 4.57. The highest BCUT2D eigenvalue weighted by atomic mass is 32.2. The average Bonchev–Trinajstić information content (AvgIpc) is 3.58. The summed E-state index contributed by atoms with van der Waals surface area (Å²) in [5.74, 6) is -3.82. The van der Waals surface area contributed by atoms with Gasteiger partial charge in [0.2, 0.25) is 17.7 Å². The molecule has 0 aliphatic carbocycles. The number of likely N-dealkylation sites (N-methyl/N-ethyl adjacent to an activating group) is 1. The minimum Gasteiger partial charge on any atom is -0.444 e. The number of amides is 5. The second kappa shape index (κ2) is 22.7. The number of likely N-dealkylation sites (tertiary alicyclic amines) is 1. The van der Waals surface area contributed by atoms with Crippen LogP contribution < -0.4 is 15.4 Å². The van der Waals surface area contributed by atoms with E-state index in [1.807, 2.05) is 13.8 Å². The normalized spacial score (nSPS) is 17.1. The van der Waals surface area contributed by atoms with Gasteiger partial charge in [-0.3, -0.25) is 23.9 Å². The first-order valence-corrected chi connectivity index (χ1v) is 19.0. The number of hydrogen-bond donors (Lipinski definition) is 3. The molecule has 1 aliphatic rings. The van der Waals surface area contributed by atoms with Gasteiger partial charge in [0.1, 0.15) is 12.1 Å². The largest absolute Gasteiger partial charge is 0.471 e. The van der Waals surface area contributed by atoms with E-state index in [1.54, 1.807) is 45.0 Å². The lowest BCUT2D eigenvalue weighted by Gasteiger charge is -2.39. The zero-order chi connectivity index (χ0) is 41.4. The third-order valence-electron chi connectivity index (χ3n) is 8.73. The fourth-order valence-corrected chi connectivity index (χ4v) is 6.60. The molecule has 0 radical (unpaired) electrons. The number of alkyl carbamates (subject to hydrolysis) is 1. The van der Waals surface area contributed by atoms with E-state index in [2.05, 4.69) is 23.9 Å². The Morgan fingerprint density at radius 2 is 1.59 bits per heavy atom. The Bertz CT molecular complexity index is 1360. The molecule has 1 fully saturated rings. The fraction of sp³-hybridized carbons (Fsp3) is 0.703. The lowest BCUT2D eigenvalue weighted by atomic mass is 9.90. The van der Waals surface area contributed by atoms with Gasteiger partial charge in [-0.25, -0.2) is 4.79 Å². The highest BCUT2D eigenvalue weighted by Crippen LogP contribution is 2.30. The Balaban J connectivity index is 0.00000469. The first-order chi connectivity index (χ1) is 25.1. The lowest BCUT2D eigenvalue weighted by Crippen LogP contribution is -2.54. The molecule has 5 amide bonds. The van der Waals surface area contributed by atoms with E-state index in [0.717, 1.165) is 11.9 Å². The van der Waals surface area contributed by atoms with E-state index < -0.39 is 54.0 Å². The van der Waals surface area contributed by atoms with Crippen molar-refractivity contribution in [2.24, 2.45) is 11.8 Å². The van der Waals surface area contributed by atoms with Crippen LogP contribution in [-0.2, 0) is 33.4 Å². The summed E-state index contributed by atoms with van der Waals surface area (Å²) in [6.45, 7) is 15.2. The maximum Gasteiger partial charge on any atom is 0.471 e. The molecule has 0 spiro atoms. The maximum absolute atomic E-state index is 13.9. The van der Waals surface area contributed by atoms with E-state index in [1.165, 1.54) is 49.8 Å². The zero-order valence-electron chi connectivity index (χ0n) is 33.4. The summed E-state index contributed by atoms with van der Waals surface area (Å²) < 4.78 is 57.2. The minimum atomic E-state index is -5.02. The number of carbonyl (C=O) groups excluding carboxylic acids is 5. The van der Waals surface area contributed by atoms with Gasteiger partial charge in [0.15, 0.2) is 0 Å². The predicted molar refractivity (Wildman–Crippen MR) is 201 cm³/mol. The zero-order valence-corrected chi connectivity index (χ0v) is 34.2. The number of nitrogens with one attached hydrogen (secondary N) is 3. The molecule has 6 atom stereocenters. The molecular weight excluding hydrogens is 731 g/mol. The quantitative estimate of drug-likeness (QED) is 0.167. The second-order valence-corrected chi connectivity index (χ2v) is 15.1. The van der Waals surface area contributed by atoms with E-state index in [9.17, 15) is 37.1 Å². The number of hydrogen-bond acceptors (Lipinski definition) is 9. The van der Waals surface area contributed by atoms with E-state index in [-0.39, 0.29) is 42.3 Å². The van der Waals surface area contributed by atoms with Gasteiger partial charge in [-0.05, 0) is 75.7 Å². The third-order valence-corrected chi connectivity index (χ3v) is 9.54. The molecule has 54 heavy (non-hydrogen) atoms. The molecule has 0 bridgehead atoms. The van der Waals surface area contributed by atoms with Crippen molar-refractivity contribution in [1.29, 1.82) is 0 Å². The van der Waals surface area contributed by atoms with Gasteiger partial charge in [-0.15, -0.1) is 0 Å². The summed E-state index contributed by atoms with van der Waals surface area (Å²) in [5, 5.41) is 4.25. The number of rotatable bonds is 16. The predicted octanol–water partition coefficient (Wildman–Crippen LogP) is 6.17. The van der Waals surface area contributed by atoms with Crippen molar-refractivity contribution >= 4 is 47.4 Å². The minimum absolute atomic E-state index is 0.0363. The summed E-state index contributed by atoms with van der Waals surface area (Å²) in [6.07, 6.45) is -3.87. The molecule has 2 rings (SSSR count). The van der Waals surface area contributed by atoms with Gasteiger partial charge in [0.25, 0.3) is 0 Å². The number of benzene rings is 1. The van der Waals surface area contributed by atoms with Crippen molar-refractivity contribution in [1.82, 2.24) is 19.8 Å². The van der Waals surface area contributed by atoms with Crippen molar-refractivity contribution in [2.45, 2.75) is 128 Å². The molecule has 13 nitrogen and oxygen atoms in total. The third kappa shape index (κ3) is 15.7. The van der Waals surface area contributed by atoms with Crippen LogP contribution in [0, 0.1) is 11.8 Å². The topological polar surface area (TPSA) is 156 Å². The van der Waals surface area contributed by atoms with Crippen LogP contribution in [0.4, 0.5) is 23.7 Å². The average molecular weight is 792 g/mol. The molecule has 1 aromatic rings. The van der Waals surface area contributed by atoms with Gasteiger partial charge in [-0.1, -0.05) is 47.5 Å². The molecule has 1 aliphatic heterocycles. The Morgan fingerprint density at radius 3 is 2.09 bits per heavy atom. The Hall–Kier alpha value is -3.57. The molecule has 6 unspecified atom stereocenters. The van der Waals surface area contributed by atoms with Crippen molar-refractivity contribution in [2.75, 3.05) is 39.7 Å². The number of halogens is 3. The molecule has 308 valence electrons. The molecule has 17 heteroatoms. The van der Waals surface area contributed by atoms with Crippen molar-refractivity contribution in [3.63, 3.8) is 0 Å². The number of carbonyl (C=O) groups is 5. The molecule has 1 heterocycles. The number of alkyl halides is 3. The first kappa shape index (κ1) is 48.4. The highest BCUT2D eigenvalue weighted by Gasteiger charge is 2.42. The van der Waals surface area contributed by atoms with Gasteiger partial charge in [-0.2, -0.15) is 13.2 Å². The first-order valence-electron chi connectivity index (χ1n) is 18.2. The van der Waals surface area contributed by atoms with Crippen molar-refractivity contribution in [3.05, 3.63) is 24.3 Å². The van der Waals surface area contributed by atoms with Gasteiger partial charge in [0, 0.05) is 38.4 Å². The Morgan fingerprint density at radius 1 is 1.00 bits per heavy atom. The molecule has 3 N–H and O–H groups in total. The number of nitrogens with zero attached hydrogens (tertiary/aromatic N) is 2. The van der Waals surface area contributed by atoms with Gasteiger partial charge in [0.05, 0.1) is 36.6 Å². The van der Waals surface area contributed by atoms with E-state index in [4.69, 9.17) is 14.2 Å². The highest BCUT2D eigenvalue weighted by molar-refractivity contribution is 7.98. The fourth-order valence-electron chi connectivity index (χ4n) is 5.92. The Labute approximate surface area is 322 Å². The van der Waals surface area contributed by atoms with Crippen LogP contribution in [0.25, 0.3) is 0 Å². The Kier molecular flexibility index (Phi) is 20.4. The van der Waals surface area contributed by atoms with Crippen LogP contribution in [-0.4, -0.2) is 110 Å². The number of anilines is 1. The SMILES string of the molecule is CCC.CCC(C)C(C(CC(=O)N1CCCC1C(OC)C(C)C(=O)NSc1ccc(NC(=O)C(F)(F)F)cc1)OC)N(C)C(=O)CNC(=O)OC(C)(C)C. The molecule has 0 aromatic heterocycles. The van der Waals surface area contributed by atoms with E-state index >= 15 is 0 Å². The van der Waals surface area contributed by atoms with Crippen LogP contribution in [0.1, 0.15) is 87.5 Å². The summed E-state index contributed by atoms with van der Waals surface area (Å²) in [4.78, 5) is 67.3. The summed E-state index contributed by atoms with van der Waals surface area (Å²) >= 11 is 0.950. The molecule has 1 aromatic carbocycles. The summed E-state index contributed by atoms with van der Waals surface area (Å²) in [5.41, 5.74) is -0.774. The van der Waals surface area contributed by atoms with Crippen LogP contribution in [0.15, 0.2) is 29.2 Å². The summed E-state index contributed by atoms with van der Waals surface area (Å²) in [6, 6.07) is 4.57. The van der Waals surface area contributed by atoms with Crippen molar-refractivity contribution < 1.29 is 51.4 Å². The van der Waals surface area contributed by atoms with Crippen molar-refractivity contribution in [3.8, 4) is 0 Å².